The molecule has 1 atom stereocenters. The molecule has 0 aliphatic rings. The van der Waals surface area contributed by atoms with Crippen LogP contribution in [0.2, 0.25) is 0 Å². The molecule has 0 radical (unpaired) electrons. The Bertz CT molecular complexity index is 1140. The van der Waals surface area contributed by atoms with E-state index in [9.17, 15) is 22.8 Å². The zero-order chi connectivity index (χ0) is 24.7. The second-order valence-corrected chi connectivity index (χ2v) is 7.15. The lowest BCUT2D eigenvalue weighted by Crippen LogP contribution is -2.44. The lowest BCUT2D eigenvalue weighted by molar-refractivity contribution is -0.138. The molecule has 0 saturated heterocycles. The van der Waals surface area contributed by atoms with E-state index in [0.29, 0.717) is 5.56 Å². The Morgan fingerprint density at radius 2 is 1.68 bits per heavy atom. The van der Waals surface area contributed by atoms with E-state index in [2.05, 4.69) is 20.6 Å². The summed E-state index contributed by atoms with van der Waals surface area (Å²) in [4.78, 5) is 31.9. The quantitative estimate of drug-likeness (QED) is 0.516. The molecule has 1 heterocycles. The fraction of sp³-hybridized carbons (Fsp3) is 0.217. The van der Waals surface area contributed by atoms with Crippen LogP contribution in [0.1, 0.15) is 28.4 Å². The molecule has 2 N–H and O–H groups in total. The number of benzene rings is 2. The molecule has 1 aromatic heterocycles. The number of rotatable bonds is 8. The Kier molecular flexibility index (Phi) is 7.67. The predicted molar refractivity (Wildman–Crippen MR) is 115 cm³/mol. The normalized spacial score (nSPS) is 11.9. The van der Waals surface area contributed by atoms with Crippen LogP contribution in [-0.4, -0.2) is 34.9 Å². The largest absolute Gasteiger partial charge is 0.497 e. The van der Waals surface area contributed by atoms with Gasteiger partial charge in [0.15, 0.2) is 0 Å². The van der Waals surface area contributed by atoms with Crippen LogP contribution in [0.5, 0.6) is 17.2 Å². The summed E-state index contributed by atoms with van der Waals surface area (Å²) in [5, 5.41) is 5.22. The number of amides is 2. The van der Waals surface area contributed by atoms with Crippen LogP contribution in [0.15, 0.2) is 61.2 Å². The van der Waals surface area contributed by atoms with Crippen LogP contribution in [-0.2, 0) is 17.5 Å². The molecule has 0 aliphatic carbocycles. The van der Waals surface area contributed by atoms with Gasteiger partial charge in [0.2, 0.25) is 5.91 Å². The van der Waals surface area contributed by atoms with Gasteiger partial charge in [0.25, 0.3) is 5.91 Å². The van der Waals surface area contributed by atoms with Crippen molar-refractivity contribution in [3.8, 4) is 17.2 Å². The molecule has 2 aromatic carbocycles. The number of alkyl halides is 3. The van der Waals surface area contributed by atoms with Crippen LogP contribution < -0.4 is 20.1 Å². The molecule has 11 heteroatoms. The van der Waals surface area contributed by atoms with Gasteiger partial charge in [0.05, 0.1) is 12.7 Å². The summed E-state index contributed by atoms with van der Waals surface area (Å²) in [6, 6.07) is 8.81. The van der Waals surface area contributed by atoms with Crippen LogP contribution in [0.25, 0.3) is 0 Å². The number of nitrogens with zero attached hydrogens (tertiary/aromatic N) is 2. The number of hydrogen-bond acceptors (Lipinski definition) is 6. The Balaban J connectivity index is 1.57. The number of carbonyl (C=O) groups excluding carboxylic acids is 2. The Labute approximate surface area is 193 Å². The SMILES string of the molecule is COc1ccc(Oc2ccc(CNC(=O)C(C)NC(=O)c3cncnc3)cc2)c(C(F)(F)F)c1. The van der Waals surface area contributed by atoms with Crippen LogP contribution >= 0.6 is 0 Å². The van der Waals surface area contributed by atoms with Gasteiger partial charge in [0.1, 0.15) is 35.2 Å². The van der Waals surface area contributed by atoms with Gasteiger partial charge < -0.3 is 20.1 Å². The van der Waals surface area contributed by atoms with Crippen molar-refractivity contribution < 1.29 is 32.2 Å². The first kappa shape index (κ1) is 24.5. The Morgan fingerprint density at radius 1 is 1.03 bits per heavy atom. The monoisotopic (exact) mass is 474 g/mol. The lowest BCUT2D eigenvalue weighted by atomic mass is 10.1. The van der Waals surface area contributed by atoms with E-state index >= 15 is 0 Å². The van der Waals surface area contributed by atoms with Gasteiger partial charge in [0, 0.05) is 18.9 Å². The van der Waals surface area contributed by atoms with Gasteiger partial charge in [-0.25, -0.2) is 9.97 Å². The number of nitrogens with one attached hydrogen (secondary N) is 2. The summed E-state index contributed by atoms with van der Waals surface area (Å²) < 4.78 is 50.3. The van der Waals surface area contributed by atoms with Gasteiger partial charge in [-0.15, -0.1) is 0 Å². The Morgan fingerprint density at radius 3 is 2.29 bits per heavy atom. The van der Waals surface area contributed by atoms with Crippen LogP contribution in [0.3, 0.4) is 0 Å². The lowest BCUT2D eigenvalue weighted by Gasteiger charge is -2.15. The number of hydrogen-bond donors (Lipinski definition) is 2. The molecule has 0 saturated carbocycles. The molecular weight excluding hydrogens is 453 g/mol. The van der Waals surface area contributed by atoms with Crippen molar-refractivity contribution in [2.24, 2.45) is 0 Å². The minimum Gasteiger partial charge on any atom is -0.497 e. The summed E-state index contributed by atoms with van der Waals surface area (Å²) >= 11 is 0. The maximum absolute atomic E-state index is 13.3. The second kappa shape index (κ2) is 10.6. The van der Waals surface area contributed by atoms with Crippen molar-refractivity contribution in [2.75, 3.05) is 7.11 Å². The fourth-order valence-corrected chi connectivity index (χ4v) is 2.85. The summed E-state index contributed by atoms with van der Waals surface area (Å²) in [5.41, 5.74) is -0.0500. The highest BCUT2D eigenvalue weighted by Crippen LogP contribution is 2.40. The molecule has 0 aliphatic heterocycles. The minimum absolute atomic E-state index is 0.0632. The third-order valence-corrected chi connectivity index (χ3v) is 4.67. The molecule has 8 nitrogen and oxygen atoms in total. The van der Waals surface area contributed by atoms with E-state index in [1.165, 1.54) is 57.0 Å². The number of aromatic nitrogens is 2. The first-order chi connectivity index (χ1) is 16.2. The zero-order valence-corrected chi connectivity index (χ0v) is 18.2. The summed E-state index contributed by atoms with van der Waals surface area (Å²) in [6.45, 7) is 1.67. The first-order valence-corrected chi connectivity index (χ1v) is 10.0. The first-order valence-electron chi connectivity index (χ1n) is 10.0. The van der Waals surface area contributed by atoms with Gasteiger partial charge >= 0.3 is 6.18 Å². The maximum atomic E-state index is 13.3. The van der Waals surface area contributed by atoms with E-state index in [-0.39, 0.29) is 29.4 Å². The van der Waals surface area contributed by atoms with E-state index in [0.717, 1.165) is 6.07 Å². The van der Waals surface area contributed by atoms with E-state index in [1.807, 2.05) is 0 Å². The van der Waals surface area contributed by atoms with Gasteiger partial charge in [-0.3, -0.25) is 9.59 Å². The molecule has 3 rings (SSSR count). The van der Waals surface area contributed by atoms with Crippen LogP contribution in [0.4, 0.5) is 13.2 Å². The van der Waals surface area contributed by atoms with E-state index < -0.39 is 29.6 Å². The van der Waals surface area contributed by atoms with Crippen molar-refractivity contribution >= 4 is 11.8 Å². The third kappa shape index (κ3) is 6.44. The fourth-order valence-electron chi connectivity index (χ4n) is 2.85. The average Bonchev–Trinajstić information content (AvgIpc) is 2.83. The standard InChI is InChI=1S/C23H21F3N4O4/c1-14(30-22(32)16-11-27-13-28-12-16)21(31)29-10-15-3-5-17(6-4-15)34-20-8-7-18(33-2)9-19(20)23(24,25)26/h3-9,11-14H,10H2,1-2H3,(H,29,31)(H,30,32). The van der Waals surface area contributed by atoms with Crippen molar-refractivity contribution in [3.05, 3.63) is 77.9 Å². The summed E-state index contributed by atoms with van der Waals surface area (Å²) in [6.07, 6.45) is -0.663. The molecule has 0 spiro atoms. The molecule has 2 amide bonds. The molecule has 0 bridgehead atoms. The molecule has 1 unspecified atom stereocenters. The number of halogens is 3. The number of methoxy groups -OCH3 is 1. The molecule has 3 aromatic rings. The highest BCUT2D eigenvalue weighted by atomic mass is 19.4. The second-order valence-electron chi connectivity index (χ2n) is 7.15. The van der Waals surface area contributed by atoms with E-state index in [1.54, 1.807) is 12.1 Å². The molecule has 178 valence electrons. The number of ether oxygens (including phenoxy) is 2. The van der Waals surface area contributed by atoms with Crippen molar-refractivity contribution in [1.82, 2.24) is 20.6 Å². The van der Waals surface area contributed by atoms with Gasteiger partial charge in [-0.1, -0.05) is 12.1 Å². The van der Waals surface area contributed by atoms with Crippen LogP contribution in [0, 0.1) is 0 Å². The predicted octanol–water partition coefficient (Wildman–Crippen LogP) is 3.73. The van der Waals surface area contributed by atoms with Gasteiger partial charge in [-0.2, -0.15) is 13.2 Å². The van der Waals surface area contributed by atoms with Gasteiger partial charge in [-0.05, 0) is 42.8 Å². The molecule has 0 fully saturated rings. The smallest absolute Gasteiger partial charge is 0.420 e. The third-order valence-electron chi connectivity index (χ3n) is 4.67. The number of carbonyl (C=O) groups is 2. The summed E-state index contributed by atoms with van der Waals surface area (Å²) in [5.74, 6) is -1.01. The van der Waals surface area contributed by atoms with E-state index in [4.69, 9.17) is 9.47 Å². The molecule has 34 heavy (non-hydrogen) atoms. The average molecular weight is 474 g/mol. The molecular formula is C23H21F3N4O4. The minimum atomic E-state index is -4.62. The Hall–Kier alpha value is -4.15. The summed E-state index contributed by atoms with van der Waals surface area (Å²) in [7, 11) is 1.28. The maximum Gasteiger partial charge on any atom is 0.420 e. The van der Waals surface area contributed by atoms with Crippen molar-refractivity contribution in [2.45, 2.75) is 25.7 Å². The topological polar surface area (TPSA) is 102 Å². The van der Waals surface area contributed by atoms with Crippen molar-refractivity contribution in [3.63, 3.8) is 0 Å². The van der Waals surface area contributed by atoms with Crippen molar-refractivity contribution in [1.29, 1.82) is 0 Å². The highest BCUT2D eigenvalue weighted by molar-refractivity contribution is 5.96. The zero-order valence-electron chi connectivity index (χ0n) is 18.2. The highest BCUT2D eigenvalue weighted by Gasteiger charge is 2.35.